The highest BCUT2D eigenvalue weighted by molar-refractivity contribution is 6.03. The van der Waals surface area contributed by atoms with Crippen LogP contribution in [-0.2, 0) is 6.42 Å². The maximum atomic E-state index is 13.3. The molecule has 0 bridgehead atoms. The summed E-state index contributed by atoms with van der Waals surface area (Å²) in [6, 6.07) is 9.55. The van der Waals surface area contributed by atoms with Crippen molar-refractivity contribution in [1.82, 2.24) is 4.90 Å². The van der Waals surface area contributed by atoms with E-state index < -0.39 is 5.54 Å². The second kappa shape index (κ2) is 8.02. The fraction of sp³-hybridized carbons (Fsp3) is 0.440. The van der Waals surface area contributed by atoms with E-state index in [0.717, 1.165) is 47.5 Å². The maximum Gasteiger partial charge on any atom is 0.254 e. The first-order valence-electron chi connectivity index (χ1n) is 10.3. The molecular weight excluding hydrogens is 362 g/mol. The molecule has 1 aliphatic rings. The number of benzene rings is 2. The van der Waals surface area contributed by atoms with E-state index in [9.17, 15) is 9.59 Å². The zero-order valence-electron chi connectivity index (χ0n) is 18.4. The van der Waals surface area contributed by atoms with Crippen molar-refractivity contribution in [3.05, 3.63) is 63.7 Å². The van der Waals surface area contributed by atoms with Gasteiger partial charge in [0.25, 0.3) is 5.91 Å². The molecule has 154 valence electrons. The van der Waals surface area contributed by atoms with Crippen LogP contribution in [0.3, 0.4) is 0 Å². The summed E-state index contributed by atoms with van der Waals surface area (Å²) in [4.78, 5) is 28.3. The molecule has 2 aromatic carbocycles. The molecule has 29 heavy (non-hydrogen) atoms. The summed E-state index contributed by atoms with van der Waals surface area (Å²) in [5, 5.41) is 0. The summed E-state index contributed by atoms with van der Waals surface area (Å²) < 4.78 is 5.72. The van der Waals surface area contributed by atoms with Crippen LogP contribution in [0.1, 0.15) is 70.2 Å². The summed E-state index contributed by atoms with van der Waals surface area (Å²) in [5.41, 5.74) is 5.00. The average molecular weight is 394 g/mol. The van der Waals surface area contributed by atoms with E-state index in [4.69, 9.17) is 4.74 Å². The lowest BCUT2D eigenvalue weighted by molar-refractivity contribution is 0.0547. The molecule has 0 saturated heterocycles. The fourth-order valence-electron chi connectivity index (χ4n) is 4.01. The Hall–Kier alpha value is -2.62. The molecule has 4 nitrogen and oxygen atoms in total. The van der Waals surface area contributed by atoms with Gasteiger partial charge in [0, 0.05) is 16.7 Å². The van der Waals surface area contributed by atoms with E-state index in [1.54, 1.807) is 4.90 Å². The first-order valence-corrected chi connectivity index (χ1v) is 10.3. The molecule has 1 amide bonds. The Bertz CT molecular complexity index is 933. The monoisotopic (exact) mass is 393 g/mol. The first-order chi connectivity index (χ1) is 13.6. The van der Waals surface area contributed by atoms with Crippen LogP contribution in [0.25, 0.3) is 0 Å². The average Bonchev–Trinajstić information content (AvgIpc) is 2.64. The Morgan fingerprint density at radius 2 is 1.69 bits per heavy atom. The van der Waals surface area contributed by atoms with Crippen LogP contribution < -0.4 is 4.74 Å². The lowest BCUT2D eigenvalue weighted by Gasteiger charge is -2.35. The van der Waals surface area contributed by atoms with E-state index in [1.165, 1.54) is 0 Å². The molecule has 0 fully saturated rings. The molecule has 0 N–H and O–H groups in total. The van der Waals surface area contributed by atoms with E-state index in [2.05, 4.69) is 0 Å². The van der Waals surface area contributed by atoms with Crippen LogP contribution in [0.2, 0.25) is 0 Å². The number of carbonyl (C=O) groups excluding carboxylic acids is 2. The number of carbonyl (C=O) groups is 2. The summed E-state index contributed by atoms with van der Waals surface area (Å²) in [6.45, 7) is 12.6. The Kier molecular flexibility index (Phi) is 5.83. The predicted octanol–water partition coefficient (Wildman–Crippen LogP) is 5.06. The third-order valence-electron chi connectivity index (χ3n) is 5.51. The van der Waals surface area contributed by atoms with Crippen LogP contribution in [0.4, 0.5) is 0 Å². The van der Waals surface area contributed by atoms with Gasteiger partial charge in [-0.3, -0.25) is 9.59 Å². The van der Waals surface area contributed by atoms with Crippen molar-refractivity contribution in [3.8, 4) is 5.75 Å². The number of nitrogens with zero attached hydrogens (tertiary/aromatic N) is 1. The smallest absolute Gasteiger partial charge is 0.254 e. The number of fused-ring (bicyclic) bond motifs is 1. The molecule has 1 aliphatic heterocycles. The number of amides is 1. The number of hydrogen-bond donors (Lipinski definition) is 0. The Morgan fingerprint density at radius 3 is 2.31 bits per heavy atom. The van der Waals surface area contributed by atoms with Crippen molar-refractivity contribution in [2.45, 2.75) is 59.9 Å². The Balaban J connectivity index is 1.91. The van der Waals surface area contributed by atoms with Crippen LogP contribution in [0.15, 0.2) is 30.3 Å². The van der Waals surface area contributed by atoms with Gasteiger partial charge in [0.15, 0.2) is 5.78 Å². The van der Waals surface area contributed by atoms with Gasteiger partial charge in [0.1, 0.15) is 5.75 Å². The molecule has 1 heterocycles. The first kappa shape index (κ1) is 21.1. The quantitative estimate of drug-likeness (QED) is 0.682. The van der Waals surface area contributed by atoms with E-state index >= 15 is 0 Å². The lowest BCUT2D eigenvalue weighted by Crippen LogP contribution is -2.48. The van der Waals surface area contributed by atoms with Gasteiger partial charge >= 0.3 is 0 Å². The van der Waals surface area contributed by atoms with Crippen molar-refractivity contribution >= 4 is 11.7 Å². The van der Waals surface area contributed by atoms with Crippen LogP contribution >= 0.6 is 0 Å². The zero-order valence-corrected chi connectivity index (χ0v) is 18.4. The summed E-state index contributed by atoms with van der Waals surface area (Å²) in [6.07, 6.45) is 1.89. The highest BCUT2D eigenvalue weighted by Gasteiger charge is 2.30. The third kappa shape index (κ3) is 4.52. The zero-order chi connectivity index (χ0) is 21.3. The summed E-state index contributed by atoms with van der Waals surface area (Å²) in [5.74, 6) is 0.726. The van der Waals surface area contributed by atoms with Crippen molar-refractivity contribution in [3.63, 3.8) is 0 Å². The van der Waals surface area contributed by atoms with E-state index in [0.29, 0.717) is 11.1 Å². The second-order valence-corrected chi connectivity index (χ2v) is 9.03. The summed E-state index contributed by atoms with van der Waals surface area (Å²) in [7, 11) is 0. The molecular formula is C25H31NO3. The van der Waals surface area contributed by atoms with Gasteiger partial charge in [-0.15, -0.1) is 0 Å². The Labute approximate surface area is 173 Å². The fourth-order valence-corrected chi connectivity index (χ4v) is 4.01. The van der Waals surface area contributed by atoms with Gasteiger partial charge in [-0.05, 0) is 89.8 Å². The lowest BCUT2D eigenvalue weighted by atomic mass is 9.93. The minimum Gasteiger partial charge on any atom is -0.493 e. The van der Waals surface area contributed by atoms with Gasteiger partial charge in [-0.25, -0.2) is 0 Å². The highest BCUT2D eigenvalue weighted by Crippen LogP contribution is 2.30. The molecule has 0 saturated carbocycles. The van der Waals surface area contributed by atoms with Crippen molar-refractivity contribution in [1.29, 1.82) is 0 Å². The van der Waals surface area contributed by atoms with Gasteiger partial charge in [0.05, 0.1) is 13.2 Å². The molecule has 0 atom stereocenters. The number of ketones is 1. The normalized spacial score (nSPS) is 13.4. The predicted molar refractivity (Wildman–Crippen MR) is 116 cm³/mol. The summed E-state index contributed by atoms with van der Waals surface area (Å²) >= 11 is 0. The van der Waals surface area contributed by atoms with E-state index in [-0.39, 0.29) is 18.2 Å². The maximum absolute atomic E-state index is 13.3. The molecule has 0 spiro atoms. The minimum absolute atomic E-state index is 0.0384. The molecule has 0 aliphatic carbocycles. The largest absolute Gasteiger partial charge is 0.493 e. The standard InChI is InChI=1S/C25H31NO3/c1-16-12-17(2)14-19(13-16)24(28)26(25(4,5)6)15-22(27)20-9-10-23-21(18(20)3)8-7-11-29-23/h9-10,12-14H,7-8,11,15H2,1-6H3. The minimum atomic E-state index is -0.477. The van der Waals surface area contributed by atoms with E-state index in [1.807, 2.05) is 71.9 Å². The SMILES string of the molecule is Cc1cc(C)cc(C(=O)N(CC(=O)c2ccc3c(c2C)CCCO3)C(C)(C)C)c1. The number of hydrogen-bond acceptors (Lipinski definition) is 3. The van der Waals surface area contributed by atoms with Gasteiger partial charge in [-0.2, -0.15) is 0 Å². The molecule has 2 aromatic rings. The molecule has 0 unspecified atom stereocenters. The van der Waals surface area contributed by atoms with Crippen molar-refractivity contribution in [2.75, 3.05) is 13.2 Å². The molecule has 3 rings (SSSR count). The van der Waals surface area contributed by atoms with Crippen LogP contribution in [0.5, 0.6) is 5.75 Å². The third-order valence-corrected chi connectivity index (χ3v) is 5.51. The van der Waals surface area contributed by atoms with Crippen LogP contribution in [0, 0.1) is 20.8 Å². The number of aryl methyl sites for hydroxylation is 2. The van der Waals surface area contributed by atoms with Crippen molar-refractivity contribution in [2.24, 2.45) is 0 Å². The Morgan fingerprint density at radius 1 is 1.03 bits per heavy atom. The molecule has 0 radical (unpaired) electrons. The van der Waals surface area contributed by atoms with Gasteiger partial charge in [-0.1, -0.05) is 17.2 Å². The number of rotatable bonds is 4. The van der Waals surface area contributed by atoms with Crippen LogP contribution in [-0.4, -0.2) is 35.3 Å². The topological polar surface area (TPSA) is 46.6 Å². The number of Topliss-reactive ketones (excluding diaryl/α,β-unsaturated/α-hetero) is 1. The molecule has 4 heteroatoms. The highest BCUT2D eigenvalue weighted by atomic mass is 16.5. The van der Waals surface area contributed by atoms with Gasteiger partial charge < -0.3 is 9.64 Å². The van der Waals surface area contributed by atoms with Gasteiger partial charge in [0.2, 0.25) is 0 Å². The number of ether oxygens (including phenoxy) is 1. The molecule has 0 aromatic heterocycles. The second-order valence-electron chi connectivity index (χ2n) is 9.03. The van der Waals surface area contributed by atoms with Crippen molar-refractivity contribution < 1.29 is 14.3 Å².